The molecule has 0 spiro atoms. The van der Waals surface area contributed by atoms with Crippen molar-refractivity contribution >= 4 is 16.9 Å². The number of aliphatic carboxylic acids is 1. The highest BCUT2D eigenvalue weighted by Crippen LogP contribution is 2.40. The van der Waals surface area contributed by atoms with Crippen LogP contribution in [0, 0.1) is 0 Å². The lowest BCUT2D eigenvalue weighted by Crippen LogP contribution is -2.03. The van der Waals surface area contributed by atoms with Crippen molar-refractivity contribution in [3.63, 3.8) is 0 Å². The Kier molecular flexibility index (Phi) is 5.02. The number of aromatic nitrogens is 4. The van der Waals surface area contributed by atoms with Gasteiger partial charge in [-0.2, -0.15) is 4.98 Å². The van der Waals surface area contributed by atoms with Gasteiger partial charge in [-0.3, -0.25) is 9.78 Å². The molecular formula is C24H24N4O3. The maximum atomic E-state index is 11.2. The van der Waals surface area contributed by atoms with Gasteiger partial charge in [-0.15, -0.1) is 0 Å². The fourth-order valence-electron chi connectivity index (χ4n) is 4.43. The van der Waals surface area contributed by atoms with Gasteiger partial charge in [0.15, 0.2) is 0 Å². The summed E-state index contributed by atoms with van der Waals surface area (Å²) in [5.41, 5.74) is 6.01. The Morgan fingerprint density at radius 3 is 2.97 bits per heavy atom. The molecule has 7 nitrogen and oxygen atoms in total. The van der Waals surface area contributed by atoms with Crippen LogP contribution in [0.25, 0.3) is 33.9 Å². The van der Waals surface area contributed by atoms with Gasteiger partial charge in [0, 0.05) is 34.3 Å². The number of carbonyl (C=O) groups is 1. The number of hydrogen-bond donors (Lipinski definition) is 2. The number of unbranched alkanes of at least 4 members (excludes halogenated alkanes) is 1. The second-order valence-corrected chi connectivity index (χ2v) is 8.19. The molecule has 1 aliphatic carbocycles. The van der Waals surface area contributed by atoms with Gasteiger partial charge in [0.05, 0.1) is 6.42 Å². The summed E-state index contributed by atoms with van der Waals surface area (Å²) in [7, 11) is 0. The van der Waals surface area contributed by atoms with E-state index in [-0.39, 0.29) is 12.3 Å². The molecule has 1 unspecified atom stereocenters. The predicted octanol–water partition coefficient (Wildman–Crippen LogP) is 5.13. The predicted molar refractivity (Wildman–Crippen MR) is 117 cm³/mol. The van der Waals surface area contributed by atoms with E-state index in [9.17, 15) is 9.90 Å². The average Bonchev–Trinajstić information content (AvgIpc) is 3.48. The zero-order valence-electron chi connectivity index (χ0n) is 17.4. The van der Waals surface area contributed by atoms with E-state index in [4.69, 9.17) is 4.52 Å². The number of nitrogens with zero attached hydrogens (tertiary/aromatic N) is 3. The fraction of sp³-hybridized carbons (Fsp3) is 0.333. The molecule has 4 aromatic rings. The van der Waals surface area contributed by atoms with Crippen molar-refractivity contribution in [1.82, 2.24) is 20.1 Å². The Labute approximate surface area is 179 Å². The standard InChI is InChI=1S/C24H24N4O3/c1-2-3-4-14-5-9-20(25-13-14)24-27-23(28-31-24)16-7-10-19-18(11-16)17-8-6-15(12-21(29)30)22(17)26-19/h5,7,9-11,13,15,26H,2-4,6,8,12H2,1H3,(H,29,30). The fourth-order valence-corrected chi connectivity index (χ4v) is 4.43. The van der Waals surface area contributed by atoms with Crippen LogP contribution in [0.1, 0.15) is 55.3 Å². The molecule has 0 amide bonds. The van der Waals surface area contributed by atoms with E-state index in [1.807, 2.05) is 24.4 Å². The maximum Gasteiger partial charge on any atom is 0.304 e. The molecule has 0 aliphatic heterocycles. The molecule has 5 rings (SSSR count). The minimum Gasteiger partial charge on any atom is -0.481 e. The number of carboxylic acid groups (broad SMARTS) is 1. The summed E-state index contributed by atoms with van der Waals surface area (Å²) >= 11 is 0. The van der Waals surface area contributed by atoms with E-state index in [2.05, 4.69) is 39.2 Å². The Bertz CT molecular complexity index is 1240. The Morgan fingerprint density at radius 2 is 2.19 bits per heavy atom. The van der Waals surface area contributed by atoms with Crippen LogP contribution in [0.4, 0.5) is 0 Å². The van der Waals surface area contributed by atoms with E-state index < -0.39 is 5.97 Å². The molecule has 0 saturated heterocycles. The normalized spacial score (nSPS) is 15.5. The molecule has 3 heterocycles. The van der Waals surface area contributed by atoms with Crippen LogP contribution in [0.3, 0.4) is 0 Å². The SMILES string of the molecule is CCCCc1ccc(-c2nc(-c3ccc4[nH]c5c(c4c3)CCC5CC(=O)O)no2)nc1. The third kappa shape index (κ3) is 3.71. The van der Waals surface area contributed by atoms with Crippen molar-refractivity contribution < 1.29 is 14.4 Å². The average molecular weight is 416 g/mol. The molecule has 31 heavy (non-hydrogen) atoms. The van der Waals surface area contributed by atoms with Crippen molar-refractivity contribution in [3.05, 3.63) is 53.3 Å². The van der Waals surface area contributed by atoms with Gasteiger partial charge in [0.1, 0.15) is 5.69 Å². The summed E-state index contributed by atoms with van der Waals surface area (Å²) in [5.74, 6) is 0.205. The second kappa shape index (κ2) is 7.98. The van der Waals surface area contributed by atoms with Crippen LogP contribution in [-0.4, -0.2) is 31.2 Å². The van der Waals surface area contributed by atoms with Crippen LogP contribution < -0.4 is 0 Å². The van der Waals surface area contributed by atoms with Crippen LogP contribution in [0.2, 0.25) is 0 Å². The van der Waals surface area contributed by atoms with Crippen molar-refractivity contribution in [2.45, 2.75) is 51.4 Å². The minimum atomic E-state index is -0.761. The monoisotopic (exact) mass is 416 g/mol. The summed E-state index contributed by atoms with van der Waals surface area (Å²) in [6.45, 7) is 2.18. The van der Waals surface area contributed by atoms with Gasteiger partial charge >= 0.3 is 5.97 Å². The molecule has 1 aliphatic rings. The lowest BCUT2D eigenvalue weighted by atomic mass is 10.0. The van der Waals surface area contributed by atoms with Gasteiger partial charge in [0.25, 0.3) is 5.89 Å². The molecule has 1 aromatic carbocycles. The van der Waals surface area contributed by atoms with Gasteiger partial charge in [-0.1, -0.05) is 24.6 Å². The van der Waals surface area contributed by atoms with E-state index in [1.165, 1.54) is 11.1 Å². The Balaban J connectivity index is 1.42. The molecule has 1 atom stereocenters. The highest BCUT2D eigenvalue weighted by molar-refractivity contribution is 5.89. The summed E-state index contributed by atoms with van der Waals surface area (Å²) in [5, 5.41) is 14.4. The molecular weight excluding hydrogens is 392 g/mol. The van der Waals surface area contributed by atoms with Gasteiger partial charge in [-0.25, -0.2) is 0 Å². The number of pyridine rings is 1. The van der Waals surface area contributed by atoms with Crippen LogP contribution in [0.15, 0.2) is 41.1 Å². The van der Waals surface area contributed by atoms with E-state index >= 15 is 0 Å². The largest absolute Gasteiger partial charge is 0.481 e. The summed E-state index contributed by atoms with van der Waals surface area (Å²) < 4.78 is 5.48. The van der Waals surface area contributed by atoms with Gasteiger partial charge < -0.3 is 14.6 Å². The van der Waals surface area contributed by atoms with Gasteiger partial charge in [-0.05, 0) is 61.1 Å². The molecule has 0 fully saturated rings. The number of carboxylic acids is 1. The Morgan fingerprint density at radius 1 is 1.29 bits per heavy atom. The third-order valence-corrected chi connectivity index (χ3v) is 6.06. The second-order valence-electron chi connectivity index (χ2n) is 8.19. The lowest BCUT2D eigenvalue weighted by Gasteiger charge is -2.05. The topological polar surface area (TPSA) is 105 Å². The van der Waals surface area contributed by atoms with E-state index in [1.54, 1.807) is 0 Å². The molecule has 158 valence electrons. The van der Waals surface area contributed by atoms with Crippen LogP contribution in [-0.2, 0) is 17.6 Å². The molecule has 3 aromatic heterocycles. The number of H-pyrrole nitrogens is 1. The number of benzene rings is 1. The molecule has 7 heteroatoms. The molecule has 0 radical (unpaired) electrons. The summed E-state index contributed by atoms with van der Waals surface area (Å²) in [6.07, 6.45) is 7.09. The zero-order chi connectivity index (χ0) is 21.4. The number of aromatic amines is 1. The van der Waals surface area contributed by atoms with E-state index in [0.717, 1.165) is 54.3 Å². The first-order valence-electron chi connectivity index (χ1n) is 10.8. The minimum absolute atomic E-state index is 0.0477. The Hall–Kier alpha value is -3.48. The lowest BCUT2D eigenvalue weighted by molar-refractivity contribution is -0.137. The van der Waals surface area contributed by atoms with Crippen molar-refractivity contribution in [2.75, 3.05) is 0 Å². The summed E-state index contributed by atoms with van der Waals surface area (Å²) in [4.78, 5) is 23.6. The first kappa shape index (κ1) is 19.5. The number of fused-ring (bicyclic) bond motifs is 3. The molecule has 0 bridgehead atoms. The quantitative estimate of drug-likeness (QED) is 0.433. The smallest absolute Gasteiger partial charge is 0.304 e. The van der Waals surface area contributed by atoms with Crippen LogP contribution in [0.5, 0.6) is 0 Å². The van der Waals surface area contributed by atoms with Crippen molar-refractivity contribution in [3.8, 4) is 23.0 Å². The third-order valence-electron chi connectivity index (χ3n) is 6.06. The first-order valence-corrected chi connectivity index (χ1v) is 10.8. The zero-order valence-corrected chi connectivity index (χ0v) is 17.4. The summed E-state index contributed by atoms with van der Waals surface area (Å²) in [6, 6.07) is 10.00. The number of nitrogens with one attached hydrogen (secondary N) is 1. The highest BCUT2D eigenvalue weighted by atomic mass is 16.5. The number of rotatable bonds is 7. The van der Waals surface area contributed by atoms with Crippen LogP contribution >= 0.6 is 0 Å². The maximum absolute atomic E-state index is 11.2. The van der Waals surface area contributed by atoms with E-state index in [0.29, 0.717) is 17.4 Å². The molecule has 2 N–H and O–H groups in total. The number of aryl methyl sites for hydroxylation is 2. The number of hydrogen-bond acceptors (Lipinski definition) is 5. The first-order chi connectivity index (χ1) is 15.1. The van der Waals surface area contributed by atoms with Crippen molar-refractivity contribution in [1.29, 1.82) is 0 Å². The highest BCUT2D eigenvalue weighted by Gasteiger charge is 2.28. The van der Waals surface area contributed by atoms with Crippen molar-refractivity contribution in [2.24, 2.45) is 0 Å². The molecule has 0 saturated carbocycles. The van der Waals surface area contributed by atoms with Gasteiger partial charge in [0.2, 0.25) is 5.82 Å².